The number of carboxylic acid groups (broad SMARTS) is 1. The van der Waals surface area contributed by atoms with Crippen LogP contribution < -0.4 is 5.32 Å². The summed E-state index contributed by atoms with van der Waals surface area (Å²) in [7, 11) is 1.81. The molecule has 2 saturated carbocycles. The van der Waals surface area contributed by atoms with Crippen molar-refractivity contribution in [2.75, 3.05) is 7.05 Å². The molecular weight excluding hydrogens is 268 g/mol. The van der Waals surface area contributed by atoms with E-state index >= 15 is 0 Å². The van der Waals surface area contributed by atoms with Crippen molar-refractivity contribution in [2.45, 2.75) is 76.3 Å². The van der Waals surface area contributed by atoms with E-state index < -0.39 is 11.5 Å². The van der Waals surface area contributed by atoms with Gasteiger partial charge in [0.25, 0.3) is 0 Å². The summed E-state index contributed by atoms with van der Waals surface area (Å²) in [5.74, 6) is -0.401. The second-order valence-corrected chi connectivity index (χ2v) is 6.82. The fourth-order valence-electron chi connectivity index (χ4n) is 3.86. The molecule has 2 N–H and O–H groups in total. The van der Waals surface area contributed by atoms with Gasteiger partial charge in [-0.1, -0.05) is 39.0 Å². The number of aliphatic carboxylic acids is 1. The van der Waals surface area contributed by atoms with Gasteiger partial charge in [0.1, 0.15) is 5.54 Å². The molecule has 21 heavy (non-hydrogen) atoms. The molecule has 2 rings (SSSR count). The number of rotatable bonds is 3. The van der Waals surface area contributed by atoms with Crippen molar-refractivity contribution in [3.05, 3.63) is 0 Å². The van der Waals surface area contributed by atoms with Crippen molar-refractivity contribution in [3.8, 4) is 0 Å². The Labute approximate surface area is 127 Å². The fourth-order valence-corrected chi connectivity index (χ4v) is 3.86. The second-order valence-electron chi connectivity index (χ2n) is 6.82. The molecule has 0 radical (unpaired) electrons. The maximum absolute atomic E-state index is 12.5. The minimum Gasteiger partial charge on any atom is -0.480 e. The van der Waals surface area contributed by atoms with E-state index in [0.29, 0.717) is 18.8 Å². The van der Waals surface area contributed by atoms with Crippen LogP contribution in [0.1, 0.15) is 64.7 Å². The molecule has 0 aromatic heterocycles. The highest BCUT2D eigenvalue weighted by Gasteiger charge is 2.42. The molecule has 2 unspecified atom stereocenters. The summed E-state index contributed by atoms with van der Waals surface area (Å²) in [5.41, 5.74) is -1.05. The summed E-state index contributed by atoms with van der Waals surface area (Å²) >= 11 is 0. The predicted octanol–water partition coefficient (Wildman–Crippen LogP) is 2.99. The third-order valence-electron chi connectivity index (χ3n) is 5.35. The van der Waals surface area contributed by atoms with Gasteiger partial charge in [0.15, 0.2) is 0 Å². The molecular formula is C16H28N2O3. The molecule has 2 aliphatic rings. The molecule has 2 amide bonds. The molecule has 0 spiro atoms. The van der Waals surface area contributed by atoms with Crippen LogP contribution in [0.5, 0.6) is 0 Å². The number of carboxylic acids is 1. The van der Waals surface area contributed by atoms with Crippen LogP contribution in [0, 0.1) is 5.92 Å². The van der Waals surface area contributed by atoms with Crippen LogP contribution in [-0.4, -0.2) is 40.6 Å². The summed E-state index contributed by atoms with van der Waals surface area (Å²) < 4.78 is 0. The number of carbonyl (C=O) groups excluding carboxylic acids is 1. The first kappa shape index (κ1) is 16.1. The van der Waals surface area contributed by atoms with Gasteiger partial charge in [-0.2, -0.15) is 0 Å². The summed E-state index contributed by atoms with van der Waals surface area (Å²) in [4.78, 5) is 25.9. The first-order chi connectivity index (χ1) is 9.96. The monoisotopic (exact) mass is 296 g/mol. The summed E-state index contributed by atoms with van der Waals surface area (Å²) in [6.07, 6.45) is 8.43. The standard InChI is InChI=1S/C16H28N2O3/c1-12-8-4-5-9-13(12)18(2)15(21)17-16(14(19)20)10-6-3-7-11-16/h12-13H,3-11H2,1-2H3,(H,17,21)(H,19,20). The quantitative estimate of drug-likeness (QED) is 0.841. The molecule has 0 aliphatic heterocycles. The Morgan fingerprint density at radius 1 is 1.10 bits per heavy atom. The van der Waals surface area contributed by atoms with E-state index in [1.54, 1.807) is 11.9 Å². The molecule has 5 nitrogen and oxygen atoms in total. The van der Waals surface area contributed by atoms with E-state index in [1.807, 2.05) is 0 Å². The Balaban J connectivity index is 2.02. The minimum absolute atomic E-state index is 0.224. The van der Waals surface area contributed by atoms with Gasteiger partial charge >= 0.3 is 12.0 Å². The van der Waals surface area contributed by atoms with E-state index in [1.165, 1.54) is 6.42 Å². The van der Waals surface area contributed by atoms with E-state index in [4.69, 9.17) is 0 Å². The Morgan fingerprint density at radius 2 is 1.71 bits per heavy atom. The van der Waals surface area contributed by atoms with Crippen molar-refractivity contribution < 1.29 is 14.7 Å². The second kappa shape index (κ2) is 6.67. The van der Waals surface area contributed by atoms with E-state index in [9.17, 15) is 14.7 Å². The molecule has 2 atom stereocenters. The highest BCUT2D eigenvalue weighted by molar-refractivity contribution is 5.86. The zero-order valence-corrected chi connectivity index (χ0v) is 13.2. The maximum atomic E-state index is 12.5. The molecule has 0 aromatic rings. The highest BCUT2D eigenvalue weighted by atomic mass is 16.4. The fraction of sp³-hybridized carbons (Fsp3) is 0.875. The number of hydrogen-bond acceptors (Lipinski definition) is 2. The summed E-state index contributed by atoms with van der Waals surface area (Å²) in [6.45, 7) is 2.18. The Bertz CT molecular complexity index is 391. The van der Waals surface area contributed by atoms with Crippen molar-refractivity contribution in [3.63, 3.8) is 0 Å². The van der Waals surface area contributed by atoms with E-state index in [0.717, 1.165) is 38.5 Å². The Hall–Kier alpha value is -1.26. The lowest BCUT2D eigenvalue weighted by Crippen LogP contribution is -2.60. The molecule has 2 fully saturated rings. The zero-order chi connectivity index (χ0) is 15.5. The minimum atomic E-state index is -1.05. The van der Waals surface area contributed by atoms with Crippen molar-refractivity contribution in [1.82, 2.24) is 10.2 Å². The smallest absolute Gasteiger partial charge is 0.329 e. The number of amides is 2. The topological polar surface area (TPSA) is 69.6 Å². The Morgan fingerprint density at radius 3 is 2.29 bits per heavy atom. The number of nitrogens with zero attached hydrogens (tertiary/aromatic N) is 1. The predicted molar refractivity (Wildman–Crippen MR) is 81.2 cm³/mol. The lowest BCUT2D eigenvalue weighted by Gasteiger charge is -2.40. The molecule has 0 aromatic carbocycles. The third-order valence-corrected chi connectivity index (χ3v) is 5.35. The van der Waals surface area contributed by atoms with Crippen LogP contribution >= 0.6 is 0 Å². The molecule has 0 bridgehead atoms. The van der Waals surface area contributed by atoms with Gasteiger partial charge < -0.3 is 15.3 Å². The van der Waals surface area contributed by atoms with Crippen LogP contribution in [0.3, 0.4) is 0 Å². The van der Waals surface area contributed by atoms with Gasteiger partial charge in [-0.25, -0.2) is 9.59 Å². The van der Waals surface area contributed by atoms with Crippen molar-refractivity contribution in [1.29, 1.82) is 0 Å². The van der Waals surface area contributed by atoms with Crippen LogP contribution in [0.25, 0.3) is 0 Å². The van der Waals surface area contributed by atoms with E-state index in [-0.39, 0.29) is 12.1 Å². The number of urea groups is 1. The normalized spacial score (nSPS) is 28.7. The van der Waals surface area contributed by atoms with Gasteiger partial charge in [0, 0.05) is 13.1 Å². The number of hydrogen-bond donors (Lipinski definition) is 2. The van der Waals surface area contributed by atoms with Crippen molar-refractivity contribution in [2.24, 2.45) is 5.92 Å². The van der Waals surface area contributed by atoms with E-state index in [2.05, 4.69) is 12.2 Å². The van der Waals surface area contributed by atoms with Gasteiger partial charge in [-0.3, -0.25) is 0 Å². The number of nitrogens with one attached hydrogen (secondary N) is 1. The van der Waals surface area contributed by atoms with Crippen molar-refractivity contribution >= 4 is 12.0 Å². The molecule has 2 aliphatic carbocycles. The van der Waals surface area contributed by atoms with Gasteiger partial charge in [-0.15, -0.1) is 0 Å². The van der Waals surface area contributed by atoms with Crippen LogP contribution in [0.4, 0.5) is 4.79 Å². The molecule has 5 heteroatoms. The zero-order valence-electron chi connectivity index (χ0n) is 13.2. The highest BCUT2D eigenvalue weighted by Crippen LogP contribution is 2.30. The number of carbonyl (C=O) groups is 2. The van der Waals surface area contributed by atoms with Crippen LogP contribution in [-0.2, 0) is 4.79 Å². The average molecular weight is 296 g/mol. The molecule has 0 saturated heterocycles. The molecule has 0 heterocycles. The Kier molecular flexibility index (Phi) is 5.12. The summed E-state index contributed by atoms with van der Waals surface area (Å²) in [5, 5.41) is 12.4. The van der Waals surface area contributed by atoms with Gasteiger partial charge in [-0.05, 0) is 31.6 Å². The average Bonchev–Trinajstić information content (AvgIpc) is 2.47. The lowest BCUT2D eigenvalue weighted by molar-refractivity contribution is -0.146. The lowest BCUT2D eigenvalue weighted by atomic mass is 9.81. The largest absolute Gasteiger partial charge is 0.480 e. The first-order valence-electron chi connectivity index (χ1n) is 8.25. The van der Waals surface area contributed by atoms with Crippen LogP contribution in [0.15, 0.2) is 0 Å². The SMILES string of the molecule is CC1CCCCC1N(C)C(=O)NC1(C(=O)O)CCCCC1. The molecule has 120 valence electrons. The first-order valence-corrected chi connectivity index (χ1v) is 8.25. The maximum Gasteiger partial charge on any atom is 0.329 e. The van der Waals surface area contributed by atoms with Gasteiger partial charge in [0.05, 0.1) is 0 Å². The van der Waals surface area contributed by atoms with Gasteiger partial charge in [0.2, 0.25) is 0 Å². The summed E-state index contributed by atoms with van der Waals surface area (Å²) in [6, 6.07) is 0.00577. The van der Waals surface area contributed by atoms with Crippen LogP contribution in [0.2, 0.25) is 0 Å². The third kappa shape index (κ3) is 3.50.